The molecule has 0 atom stereocenters. The van der Waals surface area contributed by atoms with Crippen molar-refractivity contribution >= 4 is 15.7 Å². The number of amides is 1. The summed E-state index contributed by atoms with van der Waals surface area (Å²) in [4.78, 5) is 15.7. The molecule has 0 fully saturated rings. The molecule has 1 aliphatic heterocycles. The van der Waals surface area contributed by atoms with Crippen LogP contribution in [0.2, 0.25) is 0 Å². The van der Waals surface area contributed by atoms with E-state index in [4.69, 9.17) is 14.0 Å². The van der Waals surface area contributed by atoms with Gasteiger partial charge < -0.3 is 19.3 Å². The van der Waals surface area contributed by atoms with Gasteiger partial charge in [-0.2, -0.15) is 0 Å². The summed E-state index contributed by atoms with van der Waals surface area (Å²) in [7, 11) is -3.05. The van der Waals surface area contributed by atoms with Crippen LogP contribution in [-0.2, 0) is 36.0 Å². The smallest absolute Gasteiger partial charge is 0.274 e. The molecular formula is C42H47N3O6S. The third kappa shape index (κ3) is 8.74. The Bertz CT molecular complexity index is 2100. The number of hydrogen-bond donors (Lipinski definition) is 1. The fourth-order valence-corrected chi connectivity index (χ4v) is 7.26. The molecule has 0 unspecified atom stereocenters. The van der Waals surface area contributed by atoms with E-state index in [0.29, 0.717) is 61.2 Å². The van der Waals surface area contributed by atoms with Crippen LogP contribution >= 0.6 is 0 Å². The van der Waals surface area contributed by atoms with E-state index in [-0.39, 0.29) is 29.0 Å². The van der Waals surface area contributed by atoms with E-state index in [0.717, 1.165) is 46.3 Å². The van der Waals surface area contributed by atoms with Gasteiger partial charge in [-0.3, -0.25) is 9.69 Å². The van der Waals surface area contributed by atoms with Crippen molar-refractivity contribution in [2.24, 2.45) is 0 Å². The highest BCUT2D eigenvalue weighted by atomic mass is 32.2. The summed E-state index contributed by atoms with van der Waals surface area (Å²) in [5.74, 6) is 1.76. The van der Waals surface area contributed by atoms with Crippen LogP contribution in [0.4, 0.5) is 0 Å². The summed E-state index contributed by atoms with van der Waals surface area (Å²) < 4.78 is 43.5. The number of aromatic nitrogens is 1. The summed E-state index contributed by atoms with van der Waals surface area (Å²) in [5.41, 5.74) is 7.57. The number of nitrogens with zero attached hydrogens (tertiary/aromatic N) is 2. The second-order valence-corrected chi connectivity index (χ2v) is 15.9. The maximum atomic E-state index is 13.5. The third-order valence-electron chi connectivity index (χ3n) is 9.44. The number of hydrogen-bond acceptors (Lipinski definition) is 8. The molecule has 4 aromatic carbocycles. The summed E-state index contributed by atoms with van der Waals surface area (Å²) in [6, 6.07) is 30.1. The average Bonchev–Trinajstić information content (AvgIpc) is 3.61. The van der Waals surface area contributed by atoms with E-state index in [1.807, 2.05) is 85.8 Å². The minimum Gasteiger partial charge on any atom is -0.488 e. The Morgan fingerprint density at radius 2 is 1.56 bits per heavy atom. The van der Waals surface area contributed by atoms with Crippen molar-refractivity contribution in [2.45, 2.75) is 59.8 Å². The Balaban J connectivity index is 1.42. The molecule has 0 saturated heterocycles. The highest BCUT2D eigenvalue weighted by molar-refractivity contribution is 7.91. The van der Waals surface area contributed by atoms with Crippen molar-refractivity contribution < 1.29 is 27.2 Å². The highest BCUT2D eigenvalue weighted by Crippen LogP contribution is 2.45. The lowest BCUT2D eigenvalue weighted by Crippen LogP contribution is -2.34. The van der Waals surface area contributed by atoms with Gasteiger partial charge in [-0.05, 0) is 58.7 Å². The van der Waals surface area contributed by atoms with Gasteiger partial charge in [-0.25, -0.2) is 8.42 Å². The molecule has 0 bridgehead atoms. The molecule has 5 aromatic rings. The van der Waals surface area contributed by atoms with Crippen LogP contribution in [0, 0.1) is 0 Å². The van der Waals surface area contributed by atoms with Gasteiger partial charge in [-0.15, -0.1) is 0 Å². The monoisotopic (exact) mass is 721 g/mol. The molecule has 10 heteroatoms. The molecule has 52 heavy (non-hydrogen) atoms. The predicted octanol–water partition coefficient (Wildman–Crippen LogP) is 7.83. The molecular weight excluding hydrogens is 675 g/mol. The van der Waals surface area contributed by atoms with Crippen LogP contribution in [0.3, 0.4) is 0 Å². The SMILES string of the molecule is CCNC(=O)c1noc(-c2cc(C(C)C)c(OCc3ccccc3)cc2OCc2ccccc2)c1-c1ccc2c(c1)CCN(CCS(=O)(=O)CC)C2. The van der Waals surface area contributed by atoms with Crippen LogP contribution in [0.5, 0.6) is 11.5 Å². The number of carbonyl (C=O) groups is 1. The molecule has 1 amide bonds. The first-order chi connectivity index (χ1) is 25.2. The number of rotatable bonds is 15. The Labute approximate surface area is 306 Å². The molecule has 1 aliphatic rings. The number of benzene rings is 4. The number of nitrogens with one attached hydrogen (secondary N) is 1. The molecule has 272 valence electrons. The zero-order valence-electron chi connectivity index (χ0n) is 30.4. The van der Waals surface area contributed by atoms with Crippen molar-refractivity contribution in [3.8, 4) is 33.9 Å². The van der Waals surface area contributed by atoms with Crippen molar-refractivity contribution in [3.05, 3.63) is 125 Å². The Morgan fingerprint density at radius 1 is 0.885 bits per heavy atom. The first-order valence-electron chi connectivity index (χ1n) is 18.0. The predicted molar refractivity (Wildman–Crippen MR) is 204 cm³/mol. The molecule has 0 saturated carbocycles. The average molecular weight is 722 g/mol. The summed E-state index contributed by atoms with van der Waals surface area (Å²) in [5, 5.41) is 7.26. The minimum absolute atomic E-state index is 0.0981. The van der Waals surface area contributed by atoms with Gasteiger partial charge in [0.05, 0.1) is 16.9 Å². The van der Waals surface area contributed by atoms with Crippen LogP contribution in [0.15, 0.2) is 95.5 Å². The molecule has 6 rings (SSSR count). The van der Waals surface area contributed by atoms with Crippen LogP contribution in [0.25, 0.3) is 22.5 Å². The summed E-state index contributed by atoms with van der Waals surface area (Å²) >= 11 is 0. The van der Waals surface area contributed by atoms with Crippen molar-refractivity contribution in [2.75, 3.05) is 31.1 Å². The third-order valence-corrected chi connectivity index (χ3v) is 11.1. The number of ether oxygens (including phenoxy) is 2. The van der Waals surface area contributed by atoms with Crippen LogP contribution in [0.1, 0.15) is 71.9 Å². The van der Waals surface area contributed by atoms with Crippen LogP contribution < -0.4 is 14.8 Å². The topological polar surface area (TPSA) is 111 Å². The van der Waals surface area contributed by atoms with E-state index in [9.17, 15) is 13.2 Å². The van der Waals surface area contributed by atoms with Gasteiger partial charge in [0.1, 0.15) is 24.7 Å². The lowest BCUT2D eigenvalue weighted by atomic mass is 9.91. The van der Waals surface area contributed by atoms with Crippen LogP contribution in [-0.4, -0.2) is 55.5 Å². The maximum absolute atomic E-state index is 13.5. The van der Waals surface area contributed by atoms with Gasteiger partial charge in [0.2, 0.25) is 0 Å². The zero-order chi connectivity index (χ0) is 36.7. The molecule has 0 aliphatic carbocycles. The zero-order valence-corrected chi connectivity index (χ0v) is 31.2. The maximum Gasteiger partial charge on any atom is 0.274 e. The van der Waals surface area contributed by atoms with E-state index in [1.165, 1.54) is 0 Å². The lowest BCUT2D eigenvalue weighted by Gasteiger charge is -2.29. The quantitative estimate of drug-likeness (QED) is 0.117. The Morgan fingerprint density at radius 3 is 2.19 bits per heavy atom. The van der Waals surface area contributed by atoms with Gasteiger partial charge in [0, 0.05) is 38.0 Å². The molecule has 2 heterocycles. The first kappa shape index (κ1) is 36.8. The molecule has 0 spiro atoms. The van der Waals surface area contributed by atoms with E-state index in [2.05, 4.69) is 41.4 Å². The Hall–Kier alpha value is -4.93. The standard InChI is InChI=1S/C42H47N3O6S/c1-5-43-42(46)40-39(33-17-18-34-26-45(20-19-32(34)23-33)21-22-52(47,48)6-2)41(51-44-40)36-24-35(29(3)4)37(49-27-30-13-9-7-10-14-30)25-38(36)50-28-31-15-11-8-12-16-31/h7-18,23-25,29H,5-6,19-22,26-28H2,1-4H3,(H,43,46). The first-order valence-corrected chi connectivity index (χ1v) is 19.8. The fraction of sp³-hybridized carbons (Fsp3) is 0.333. The van der Waals surface area contributed by atoms with Crippen molar-refractivity contribution in [3.63, 3.8) is 0 Å². The van der Waals surface area contributed by atoms with Gasteiger partial charge in [0.25, 0.3) is 5.91 Å². The summed E-state index contributed by atoms with van der Waals surface area (Å²) in [6.07, 6.45) is 0.753. The highest BCUT2D eigenvalue weighted by Gasteiger charge is 2.29. The molecule has 9 nitrogen and oxygen atoms in total. The molecule has 1 aromatic heterocycles. The Kier molecular flexibility index (Phi) is 11.8. The summed E-state index contributed by atoms with van der Waals surface area (Å²) in [6.45, 7) is 10.8. The lowest BCUT2D eigenvalue weighted by molar-refractivity contribution is 0.0947. The minimum atomic E-state index is -3.05. The van der Waals surface area contributed by atoms with E-state index in [1.54, 1.807) is 6.92 Å². The second kappa shape index (κ2) is 16.6. The normalized spacial score (nSPS) is 13.2. The van der Waals surface area contributed by atoms with Gasteiger partial charge in [0.15, 0.2) is 21.3 Å². The number of fused-ring (bicyclic) bond motifs is 1. The van der Waals surface area contributed by atoms with Crippen molar-refractivity contribution in [1.29, 1.82) is 0 Å². The van der Waals surface area contributed by atoms with Gasteiger partial charge in [-0.1, -0.05) is 105 Å². The number of sulfone groups is 1. The fourth-order valence-electron chi connectivity index (χ4n) is 6.43. The molecule has 1 N–H and O–H groups in total. The van der Waals surface area contributed by atoms with E-state index >= 15 is 0 Å². The number of carbonyl (C=O) groups excluding carboxylic acids is 1. The van der Waals surface area contributed by atoms with Gasteiger partial charge >= 0.3 is 0 Å². The largest absolute Gasteiger partial charge is 0.488 e. The second-order valence-electron chi connectivity index (χ2n) is 13.4. The molecule has 0 radical (unpaired) electrons. The van der Waals surface area contributed by atoms with Crippen molar-refractivity contribution in [1.82, 2.24) is 15.4 Å². The van der Waals surface area contributed by atoms with E-state index < -0.39 is 9.84 Å².